The van der Waals surface area contributed by atoms with E-state index in [1.807, 2.05) is 12.1 Å². The Balaban J connectivity index is 2.52. The van der Waals surface area contributed by atoms with Crippen molar-refractivity contribution in [2.45, 2.75) is 27.3 Å². The molecule has 3 heteroatoms. The van der Waals surface area contributed by atoms with E-state index in [1.165, 1.54) is 22.3 Å². The molecule has 0 bridgehead atoms. The molecule has 0 saturated heterocycles. The normalized spacial score (nSPS) is 10.6. The summed E-state index contributed by atoms with van der Waals surface area (Å²) in [7, 11) is 0. The molecule has 0 radical (unpaired) electrons. The minimum Gasteiger partial charge on any atom is -0.325 e. The second-order valence-corrected chi connectivity index (χ2v) is 4.39. The maximum atomic E-state index is 5.52. The Hall–Kier alpha value is -1.74. The first-order valence-electron chi connectivity index (χ1n) is 5.72. The van der Waals surface area contributed by atoms with Crippen LogP contribution in [0.3, 0.4) is 0 Å². The van der Waals surface area contributed by atoms with Gasteiger partial charge in [0.05, 0.1) is 11.4 Å². The van der Waals surface area contributed by atoms with Crippen LogP contribution in [0.25, 0.3) is 11.3 Å². The van der Waals surface area contributed by atoms with Crippen molar-refractivity contribution in [3.63, 3.8) is 0 Å². The Labute approximate surface area is 102 Å². The predicted octanol–water partition coefficient (Wildman–Crippen LogP) is 2.53. The number of aryl methyl sites for hydroxylation is 3. The topological polar surface area (TPSA) is 51.8 Å². The smallest absolute Gasteiger partial charge is 0.0935 e. The summed E-state index contributed by atoms with van der Waals surface area (Å²) >= 11 is 0. The van der Waals surface area contributed by atoms with Crippen LogP contribution in [0.5, 0.6) is 0 Å². The molecule has 1 aromatic heterocycles. The first-order chi connectivity index (χ1) is 8.11. The Morgan fingerprint density at radius 3 is 2.12 bits per heavy atom. The number of hydrogen-bond acceptors (Lipinski definition) is 3. The first kappa shape index (κ1) is 11.7. The molecular weight excluding hydrogens is 210 g/mol. The third kappa shape index (κ3) is 2.34. The molecule has 0 aliphatic rings. The highest BCUT2D eigenvalue weighted by atomic mass is 15.1. The first-order valence-corrected chi connectivity index (χ1v) is 5.72. The second kappa shape index (κ2) is 4.63. The van der Waals surface area contributed by atoms with E-state index in [2.05, 4.69) is 43.1 Å². The van der Waals surface area contributed by atoms with Crippen LogP contribution in [0.15, 0.2) is 24.3 Å². The fourth-order valence-electron chi connectivity index (χ4n) is 2.19. The number of benzene rings is 1. The fraction of sp³-hybridized carbons (Fsp3) is 0.286. The molecule has 3 nitrogen and oxygen atoms in total. The fourth-order valence-corrected chi connectivity index (χ4v) is 2.19. The highest BCUT2D eigenvalue weighted by molar-refractivity contribution is 5.67. The predicted molar refractivity (Wildman–Crippen MR) is 69.6 cm³/mol. The van der Waals surface area contributed by atoms with E-state index < -0.39 is 0 Å². The number of rotatable bonds is 2. The van der Waals surface area contributed by atoms with Crippen LogP contribution in [-0.2, 0) is 6.54 Å². The number of nitrogens with zero attached hydrogens (tertiary/aromatic N) is 2. The summed E-state index contributed by atoms with van der Waals surface area (Å²) in [6, 6.07) is 8.25. The Bertz CT molecular complexity index is 507. The number of nitrogens with two attached hydrogens (primary N) is 1. The Morgan fingerprint density at radius 2 is 1.65 bits per heavy atom. The quantitative estimate of drug-likeness (QED) is 0.857. The van der Waals surface area contributed by atoms with Gasteiger partial charge in [0.25, 0.3) is 0 Å². The van der Waals surface area contributed by atoms with Crippen LogP contribution in [0.1, 0.15) is 22.4 Å². The van der Waals surface area contributed by atoms with Crippen LogP contribution >= 0.6 is 0 Å². The zero-order valence-corrected chi connectivity index (χ0v) is 10.5. The van der Waals surface area contributed by atoms with Crippen molar-refractivity contribution in [2.24, 2.45) is 5.73 Å². The van der Waals surface area contributed by atoms with Gasteiger partial charge >= 0.3 is 0 Å². The summed E-state index contributed by atoms with van der Waals surface area (Å²) in [6.45, 7) is 6.74. The lowest BCUT2D eigenvalue weighted by Crippen LogP contribution is -2.02. The molecule has 2 aromatic rings. The van der Waals surface area contributed by atoms with Crippen LogP contribution in [0, 0.1) is 20.8 Å². The second-order valence-electron chi connectivity index (χ2n) is 4.39. The summed E-state index contributed by atoms with van der Waals surface area (Å²) in [6.07, 6.45) is 0. The molecule has 0 aliphatic heterocycles. The van der Waals surface area contributed by atoms with E-state index in [0.717, 1.165) is 11.4 Å². The van der Waals surface area contributed by atoms with Gasteiger partial charge in [0.2, 0.25) is 0 Å². The lowest BCUT2D eigenvalue weighted by molar-refractivity contribution is 0.901. The summed E-state index contributed by atoms with van der Waals surface area (Å²) in [5, 5.41) is 8.34. The van der Waals surface area contributed by atoms with Crippen LogP contribution in [0.2, 0.25) is 0 Å². The SMILES string of the molecule is Cc1cc(C)c(-c2ccc(CN)nn2)c(C)c1. The van der Waals surface area contributed by atoms with Crippen molar-refractivity contribution in [1.82, 2.24) is 10.2 Å². The van der Waals surface area contributed by atoms with Gasteiger partial charge in [-0.1, -0.05) is 17.7 Å². The summed E-state index contributed by atoms with van der Waals surface area (Å²) in [4.78, 5) is 0. The standard InChI is InChI=1S/C14H17N3/c1-9-6-10(2)14(11(3)7-9)13-5-4-12(8-15)16-17-13/h4-7H,8,15H2,1-3H3. The van der Waals surface area contributed by atoms with Gasteiger partial charge in [-0.15, -0.1) is 0 Å². The molecule has 0 atom stereocenters. The molecule has 1 aromatic carbocycles. The van der Waals surface area contributed by atoms with Gasteiger partial charge in [-0.3, -0.25) is 0 Å². The molecule has 0 aliphatic carbocycles. The van der Waals surface area contributed by atoms with Crippen molar-refractivity contribution in [3.8, 4) is 11.3 Å². The largest absolute Gasteiger partial charge is 0.325 e. The van der Waals surface area contributed by atoms with Gasteiger partial charge in [-0.05, 0) is 44.0 Å². The summed E-state index contributed by atoms with van der Waals surface area (Å²) in [5.41, 5.74) is 12.2. The summed E-state index contributed by atoms with van der Waals surface area (Å²) in [5.74, 6) is 0. The molecule has 0 fully saturated rings. The Morgan fingerprint density at radius 1 is 1.00 bits per heavy atom. The van der Waals surface area contributed by atoms with Crippen molar-refractivity contribution in [2.75, 3.05) is 0 Å². The Kier molecular flexibility index (Phi) is 3.20. The molecule has 2 N–H and O–H groups in total. The monoisotopic (exact) mass is 227 g/mol. The minimum atomic E-state index is 0.430. The van der Waals surface area contributed by atoms with Crippen molar-refractivity contribution < 1.29 is 0 Å². The molecule has 0 spiro atoms. The van der Waals surface area contributed by atoms with E-state index in [9.17, 15) is 0 Å². The average molecular weight is 227 g/mol. The van der Waals surface area contributed by atoms with Gasteiger partial charge in [0, 0.05) is 12.1 Å². The molecule has 2 rings (SSSR count). The van der Waals surface area contributed by atoms with Crippen LogP contribution < -0.4 is 5.73 Å². The maximum absolute atomic E-state index is 5.52. The molecule has 1 heterocycles. The minimum absolute atomic E-state index is 0.430. The number of hydrogen-bond donors (Lipinski definition) is 1. The third-order valence-corrected chi connectivity index (χ3v) is 2.86. The van der Waals surface area contributed by atoms with Gasteiger partial charge < -0.3 is 5.73 Å². The lowest BCUT2D eigenvalue weighted by atomic mass is 9.97. The van der Waals surface area contributed by atoms with Crippen molar-refractivity contribution in [1.29, 1.82) is 0 Å². The molecule has 0 saturated carbocycles. The van der Waals surface area contributed by atoms with Crippen molar-refractivity contribution in [3.05, 3.63) is 46.6 Å². The molecule has 0 unspecified atom stereocenters. The lowest BCUT2D eigenvalue weighted by Gasteiger charge is -2.10. The molecular formula is C14H17N3. The van der Waals surface area contributed by atoms with E-state index in [4.69, 9.17) is 5.73 Å². The van der Waals surface area contributed by atoms with Gasteiger partial charge in [0.1, 0.15) is 0 Å². The van der Waals surface area contributed by atoms with Crippen LogP contribution in [-0.4, -0.2) is 10.2 Å². The number of aromatic nitrogens is 2. The van der Waals surface area contributed by atoms with E-state index in [-0.39, 0.29) is 0 Å². The van der Waals surface area contributed by atoms with Gasteiger partial charge in [-0.2, -0.15) is 10.2 Å². The van der Waals surface area contributed by atoms with Crippen LogP contribution in [0.4, 0.5) is 0 Å². The zero-order valence-electron chi connectivity index (χ0n) is 10.5. The molecule has 0 amide bonds. The van der Waals surface area contributed by atoms with Gasteiger partial charge in [0.15, 0.2) is 0 Å². The maximum Gasteiger partial charge on any atom is 0.0935 e. The third-order valence-electron chi connectivity index (χ3n) is 2.86. The highest BCUT2D eigenvalue weighted by Crippen LogP contribution is 2.26. The average Bonchev–Trinajstić information content (AvgIpc) is 2.28. The summed E-state index contributed by atoms with van der Waals surface area (Å²) < 4.78 is 0. The van der Waals surface area contributed by atoms with Crippen molar-refractivity contribution >= 4 is 0 Å². The van der Waals surface area contributed by atoms with E-state index in [0.29, 0.717) is 6.54 Å². The molecule has 88 valence electrons. The molecule has 17 heavy (non-hydrogen) atoms. The van der Waals surface area contributed by atoms with Gasteiger partial charge in [-0.25, -0.2) is 0 Å². The van der Waals surface area contributed by atoms with E-state index in [1.54, 1.807) is 0 Å². The zero-order chi connectivity index (χ0) is 12.4. The highest BCUT2D eigenvalue weighted by Gasteiger charge is 2.08. The van der Waals surface area contributed by atoms with E-state index >= 15 is 0 Å².